The van der Waals surface area contributed by atoms with Crippen LogP contribution in [0.1, 0.15) is 47.8 Å². The van der Waals surface area contributed by atoms with Crippen molar-refractivity contribution < 1.29 is 23.9 Å². The van der Waals surface area contributed by atoms with Crippen molar-refractivity contribution in [3.63, 3.8) is 0 Å². The number of anilines is 3. The molecule has 0 aliphatic carbocycles. The van der Waals surface area contributed by atoms with Crippen molar-refractivity contribution in [1.82, 2.24) is 15.2 Å². The normalized spacial score (nSPS) is 17.0. The third kappa shape index (κ3) is 5.42. The highest BCUT2D eigenvalue weighted by molar-refractivity contribution is 7.21. The molecular formula is C34H33N5O5S. The summed E-state index contributed by atoms with van der Waals surface area (Å²) in [6.07, 6.45) is 4.50. The maximum Gasteiger partial charge on any atom is 0.331 e. The number of aromatic nitrogens is 1. The zero-order valence-electron chi connectivity index (χ0n) is 25.1. The fraction of sp³-hybridized carbons (Fsp3) is 0.294. The minimum absolute atomic E-state index is 0.0605. The lowest BCUT2D eigenvalue weighted by molar-refractivity contribution is -0.136. The van der Waals surface area contributed by atoms with Crippen LogP contribution in [0.2, 0.25) is 0 Å². The summed E-state index contributed by atoms with van der Waals surface area (Å²) in [5, 5.41) is 6.76. The summed E-state index contributed by atoms with van der Waals surface area (Å²) in [6.45, 7) is 5.64. The number of aryl methyl sites for hydroxylation is 1. The number of allylic oxidation sites excluding steroid dienone is 2. The predicted octanol–water partition coefficient (Wildman–Crippen LogP) is 7.09. The summed E-state index contributed by atoms with van der Waals surface area (Å²) in [7, 11) is 0. The standard InChI is InChI=1S/C34H33N5O5S/c1-20-19-24(44-23-7-4-3-5-8-23)10-11-26(20)39-27-12-15-35-32-28(27)29(37-34(39)42)30(45-32)31(40)36-25-9-6-16-38(21(25)2)33(41)22-13-17-43-18-14-22/h3-5,7-8,10-12,15,19,22H,6,9,13-14,16-18H2,1-2H3,(H,36,40)(H,37,42). The molecule has 4 amide bonds. The van der Waals surface area contributed by atoms with E-state index in [9.17, 15) is 14.4 Å². The number of thiophene rings is 1. The summed E-state index contributed by atoms with van der Waals surface area (Å²) in [4.78, 5) is 49.7. The van der Waals surface area contributed by atoms with Crippen molar-refractivity contribution in [2.75, 3.05) is 30.0 Å². The molecule has 0 bridgehead atoms. The van der Waals surface area contributed by atoms with E-state index in [2.05, 4.69) is 15.6 Å². The fourth-order valence-corrected chi connectivity index (χ4v) is 7.28. The van der Waals surface area contributed by atoms with E-state index in [1.165, 1.54) is 11.3 Å². The van der Waals surface area contributed by atoms with Crippen LogP contribution in [0.5, 0.6) is 11.5 Å². The molecule has 0 spiro atoms. The Hall–Kier alpha value is -4.74. The van der Waals surface area contributed by atoms with E-state index in [0.717, 1.165) is 29.1 Å². The number of urea groups is 1. The lowest BCUT2D eigenvalue weighted by Gasteiger charge is -2.34. The van der Waals surface area contributed by atoms with Crippen LogP contribution < -0.4 is 20.3 Å². The first kappa shape index (κ1) is 29.0. The number of hydrogen-bond donors (Lipinski definition) is 2. The first-order valence-electron chi connectivity index (χ1n) is 15.2. The molecule has 10 nitrogen and oxygen atoms in total. The van der Waals surface area contributed by atoms with Gasteiger partial charge in [0.2, 0.25) is 5.91 Å². The molecule has 0 atom stereocenters. The number of hydrogen-bond acceptors (Lipinski definition) is 7. The summed E-state index contributed by atoms with van der Waals surface area (Å²) < 4.78 is 11.4. The Kier molecular flexibility index (Phi) is 7.72. The van der Waals surface area contributed by atoms with Crippen LogP contribution in [0.4, 0.5) is 21.9 Å². The summed E-state index contributed by atoms with van der Waals surface area (Å²) in [5.74, 6) is 1.09. The van der Waals surface area contributed by atoms with Crippen molar-refractivity contribution in [1.29, 1.82) is 0 Å². The third-order valence-corrected chi connectivity index (χ3v) is 9.69. The van der Waals surface area contributed by atoms with Gasteiger partial charge >= 0.3 is 6.03 Å². The Morgan fingerprint density at radius 1 is 1.04 bits per heavy atom. The maximum atomic E-state index is 13.8. The lowest BCUT2D eigenvalue weighted by atomic mass is 9.97. The Labute approximate surface area is 264 Å². The molecule has 45 heavy (non-hydrogen) atoms. The van der Waals surface area contributed by atoms with E-state index in [4.69, 9.17) is 9.47 Å². The van der Waals surface area contributed by atoms with Crippen molar-refractivity contribution in [2.45, 2.75) is 39.5 Å². The number of para-hydroxylation sites is 1. The fourth-order valence-electron chi connectivity index (χ4n) is 6.26. The number of rotatable bonds is 6. The largest absolute Gasteiger partial charge is 0.457 e. The van der Waals surface area contributed by atoms with Gasteiger partial charge in [-0.15, -0.1) is 11.3 Å². The van der Waals surface area contributed by atoms with Gasteiger partial charge in [0.05, 0.1) is 22.4 Å². The van der Waals surface area contributed by atoms with Crippen LogP contribution in [-0.4, -0.2) is 47.5 Å². The average molecular weight is 624 g/mol. The van der Waals surface area contributed by atoms with Gasteiger partial charge in [-0.25, -0.2) is 9.78 Å². The van der Waals surface area contributed by atoms with Crippen LogP contribution in [0.3, 0.4) is 0 Å². The number of amides is 4. The second kappa shape index (κ2) is 12.0. The molecule has 2 aromatic carbocycles. The zero-order chi connectivity index (χ0) is 31.1. The van der Waals surface area contributed by atoms with Crippen LogP contribution in [0, 0.1) is 12.8 Å². The van der Waals surface area contributed by atoms with Gasteiger partial charge in [-0.1, -0.05) is 18.2 Å². The number of pyridine rings is 1. The van der Waals surface area contributed by atoms with Crippen LogP contribution in [0.25, 0.3) is 10.2 Å². The molecule has 5 heterocycles. The van der Waals surface area contributed by atoms with Crippen molar-refractivity contribution in [3.05, 3.63) is 82.6 Å². The smallest absolute Gasteiger partial charge is 0.331 e. The van der Waals surface area contributed by atoms with Crippen LogP contribution >= 0.6 is 11.3 Å². The monoisotopic (exact) mass is 623 g/mol. The topological polar surface area (TPSA) is 113 Å². The molecule has 3 aliphatic heterocycles. The summed E-state index contributed by atoms with van der Waals surface area (Å²) in [6, 6.07) is 16.5. The number of carbonyl (C=O) groups is 3. The first-order chi connectivity index (χ1) is 21.9. The van der Waals surface area contributed by atoms with Gasteiger partial charge in [0, 0.05) is 43.3 Å². The maximum absolute atomic E-state index is 13.8. The highest BCUT2D eigenvalue weighted by Crippen LogP contribution is 2.46. The Balaban J connectivity index is 1.17. The highest BCUT2D eigenvalue weighted by atomic mass is 32.1. The van der Waals surface area contributed by atoms with Crippen molar-refractivity contribution in [3.8, 4) is 11.5 Å². The molecule has 7 rings (SSSR count). The highest BCUT2D eigenvalue weighted by Gasteiger charge is 2.35. The molecule has 2 N–H and O–H groups in total. The van der Waals surface area contributed by atoms with Gasteiger partial charge in [-0.05, 0) is 81.5 Å². The van der Waals surface area contributed by atoms with Gasteiger partial charge in [0.15, 0.2) is 0 Å². The Morgan fingerprint density at radius 2 is 1.84 bits per heavy atom. The number of nitrogens with one attached hydrogen (secondary N) is 2. The molecule has 0 saturated carbocycles. The second-order valence-electron chi connectivity index (χ2n) is 11.4. The van der Waals surface area contributed by atoms with E-state index in [0.29, 0.717) is 76.9 Å². The van der Waals surface area contributed by atoms with Gasteiger partial charge in [0.25, 0.3) is 5.91 Å². The second-order valence-corrected chi connectivity index (χ2v) is 12.4. The number of nitrogens with zero attached hydrogens (tertiary/aromatic N) is 3. The van der Waals surface area contributed by atoms with Crippen molar-refractivity contribution >= 4 is 56.5 Å². The molecule has 0 radical (unpaired) electrons. The van der Waals surface area contributed by atoms with Crippen LogP contribution in [-0.2, 0) is 9.53 Å². The quantitative estimate of drug-likeness (QED) is 0.237. The van der Waals surface area contributed by atoms with Crippen molar-refractivity contribution in [2.24, 2.45) is 5.92 Å². The first-order valence-corrected chi connectivity index (χ1v) is 16.0. The molecule has 11 heteroatoms. The molecule has 230 valence electrons. The van der Waals surface area contributed by atoms with E-state index in [1.807, 2.05) is 67.3 Å². The molecule has 1 saturated heterocycles. The van der Waals surface area contributed by atoms with Gasteiger partial charge < -0.3 is 25.0 Å². The lowest BCUT2D eigenvalue weighted by Crippen LogP contribution is -2.42. The minimum Gasteiger partial charge on any atom is -0.457 e. The van der Waals surface area contributed by atoms with E-state index in [1.54, 1.807) is 17.2 Å². The zero-order valence-corrected chi connectivity index (χ0v) is 25.9. The predicted molar refractivity (Wildman–Crippen MR) is 173 cm³/mol. The molecular weight excluding hydrogens is 590 g/mol. The van der Waals surface area contributed by atoms with E-state index in [-0.39, 0.29) is 23.8 Å². The third-order valence-electron chi connectivity index (χ3n) is 8.59. The molecule has 2 aromatic heterocycles. The molecule has 4 aromatic rings. The summed E-state index contributed by atoms with van der Waals surface area (Å²) >= 11 is 1.24. The van der Waals surface area contributed by atoms with Crippen LogP contribution in [0.15, 0.2) is 72.2 Å². The molecule has 0 unspecified atom stereocenters. The number of carbonyl (C=O) groups excluding carboxylic acids is 3. The summed E-state index contributed by atoms with van der Waals surface area (Å²) in [5.41, 5.74) is 4.13. The number of benzene rings is 2. The average Bonchev–Trinajstić information content (AvgIpc) is 3.43. The minimum atomic E-state index is -0.372. The SMILES string of the molecule is CC1=C(NC(=O)c2sc3nccc4c3c2NC(=O)N4c2ccc(Oc3ccccc3)cc2C)CCCN1C(=O)C1CCOCC1. The van der Waals surface area contributed by atoms with E-state index >= 15 is 0 Å². The molecule has 1 fully saturated rings. The van der Waals surface area contributed by atoms with E-state index < -0.39 is 0 Å². The van der Waals surface area contributed by atoms with Gasteiger partial charge in [-0.2, -0.15) is 0 Å². The van der Waals surface area contributed by atoms with Gasteiger partial charge in [0.1, 0.15) is 21.2 Å². The van der Waals surface area contributed by atoms with Gasteiger partial charge in [-0.3, -0.25) is 14.5 Å². The molecule has 3 aliphatic rings. The number of ether oxygens (including phenoxy) is 2. The Bertz CT molecular complexity index is 1850. The Morgan fingerprint density at radius 3 is 2.62 bits per heavy atom.